The fourth-order valence-electron chi connectivity index (χ4n) is 3.69. The van der Waals surface area contributed by atoms with Crippen LogP contribution in [0.4, 0.5) is 0 Å². The van der Waals surface area contributed by atoms with Gasteiger partial charge in [0.2, 0.25) is 5.91 Å². The molecule has 0 radical (unpaired) electrons. The van der Waals surface area contributed by atoms with E-state index in [0.29, 0.717) is 12.8 Å². The molecule has 4 heteroatoms. The number of H-pyrrole nitrogens is 1. The van der Waals surface area contributed by atoms with Crippen molar-refractivity contribution in [1.82, 2.24) is 14.9 Å². The van der Waals surface area contributed by atoms with E-state index in [0.717, 1.165) is 36.2 Å². The predicted octanol–water partition coefficient (Wildman–Crippen LogP) is 4.17. The first-order chi connectivity index (χ1) is 12.2. The van der Waals surface area contributed by atoms with Crippen molar-refractivity contribution in [2.24, 2.45) is 0 Å². The van der Waals surface area contributed by atoms with Crippen LogP contribution in [0.3, 0.4) is 0 Å². The Morgan fingerprint density at radius 1 is 1.20 bits per heavy atom. The van der Waals surface area contributed by atoms with E-state index in [9.17, 15) is 4.79 Å². The van der Waals surface area contributed by atoms with Gasteiger partial charge in [0.25, 0.3) is 0 Å². The highest BCUT2D eigenvalue weighted by Crippen LogP contribution is 2.32. The number of imidazole rings is 1. The summed E-state index contributed by atoms with van der Waals surface area (Å²) in [6, 6.07) is 16.8. The summed E-state index contributed by atoms with van der Waals surface area (Å²) in [6.45, 7) is 2.95. The Balaban J connectivity index is 1.43. The largest absolute Gasteiger partial charge is 0.342 e. The van der Waals surface area contributed by atoms with Gasteiger partial charge in [0.05, 0.1) is 17.1 Å². The van der Waals surface area contributed by atoms with Gasteiger partial charge >= 0.3 is 0 Å². The zero-order chi connectivity index (χ0) is 17.2. The molecule has 1 amide bonds. The molecule has 128 valence electrons. The van der Waals surface area contributed by atoms with Crippen LogP contribution >= 0.6 is 0 Å². The lowest BCUT2D eigenvalue weighted by molar-refractivity contribution is -0.132. The molecule has 0 spiro atoms. The quantitative estimate of drug-likeness (QED) is 0.779. The van der Waals surface area contributed by atoms with Crippen molar-refractivity contribution < 1.29 is 4.79 Å². The van der Waals surface area contributed by atoms with Gasteiger partial charge in [-0.1, -0.05) is 42.0 Å². The van der Waals surface area contributed by atoms with Gasteiger partial charge in [0.1, 0.15) is 5.82 Å². The number of nitrogens with zero attached hydrogens (tertiary/aromatic N) is 2. The molecule has 1 saturated heterocycles. The molecule has 1 aliphatic rings. The van der Waals surface area contributed by atoms with Crippen molar-refractivity contribution in [2.45, 2.75) is 38.6 Å². The van der Waals surface area contributed by atoms with Crippen LogP contribution in [0.15, 0.2) is 48.5 Å². The molecule has 1 aromatic heterocycles. The monoisotopic (exact) mass is 333 g/mol. The van der Waals surface area contributed by atoms with Crippen molar-refractivity contribution in [1.29, 1.82) is 0 Å². The summed E-state index contributed by atoms with van der Waals surface area (Å²) in [5.74, 6) is 1.11. The third kappa shape index (κ3) is 3.29. The maximum Gasteiger partial charge on any atom is 0.223 e. The van der Waals surface area contributed by atoms with Gasteiger partial charge in [-0.05, 0) is 37.5 Å². The Kier molecular flexibility index (Phi) is 4.26. The first kappa shape index (κ1) is 15.9. The number of nitrogens with one attached hydrogen (secondary N) is 1. The average Bonchev–Trinajstić information content (AvgIpc) is 3.27. The summed E-state index contributed by atoms with van der Waals surface area (Å²) in [4.78, 5) is 22.7. The van der Waals surface area contributed by atoms with E-state index < -0.39 is 0 Å². The number of hydrogen-bond acceptors (Lipinski definition) is 2. The van der Waals surface area contributed by atoms with E-state index >= 15 is 0 Å². The topological polar surface area (TPSA) is 49.0 Å². The van der Waals surface area contributed by atoms with Crippen LogP contribution in [-0.4, -0.2) is 27.3 Å². The molecule has 1 atom stereocenters. The Hall–Kier alpha value is -2.62. The lowest BCUT2D eigenvalue weighted by Crippen LogP contribution is -2.30. The highest BCUT2D eigenvalue weighted by molar-refractivity contribution is 5.78. The number of fused-ring (bicyclic) bond motifs is 1. The zero-order valence-corrected chi connectivity index (χ0v) is 14.5. The number of aryl methyl sites for hydroxylation is 2. The van der Waals surface area contributed by atoms with Crippen LogP contribution < -0.4 is 0 Å². The fraction of sp³-hybridized carbons (Fsp3) is 0.333. The lowest BCUT2D eigenvalue weighted by Gasteiger charge is -2.25. The van der Waals surface area contributed by atoms with Crippen LogP contribution in [0.5, 0.6) is 0 Å². The summed E-state index contributed by atoms with van der Waals surface area (Å²) in [5, 5.41) is 0. The first-order valence-corrected chi connectivity index (χ1v) is 9.00. The van der Waals surface area contributed by atoms with Crippen LogP contribution in [-0.2, 0) is 11.2 Å². The molecular formula is C21H23N3O. The minimum Gasteiger partial charge on any atom is -0.342 e. The highest BCUT2D eigenvalue weighted by Gasteiger charge is 2.29. The number of carbonyl (C=O) groups is 1. The van der Waals surface area contributed by atoms with Crippen molar-refractivity contribution >= 4 is 16.9 Å². The average molecular weight is 333 g/mol. The smallest absolute Gasteiger partial charge is 0.223 e. The van der Waals surface area contributed by atoms with Gasteiger partial charge in [-0.3, -0.25) is 4.79 Å². The molecule has 0 saturated carbocycles. The maximum atomic E-state index is 12.8. The summed E-state index contributed by atoms with van der Waals surface area (Å²) < 4.78 is 0. The zero-order valence-electron chi connectivity index (χ0n) is 14.5. The molecule has 2 heterocycles. The Labute approximate surface area is 147 Å². The van der Waals surface area contributed by atoms with E-state index in [1.807, 2.05) is 29.2 Å². The van der Waals surface area contributed by atoms with Gasteiger partial charge in [-0.25, -0.2) is 4.98 Å². The molecule has 0 aliphatic carbocycles. The first-order valence-electron chi connectivity index (χ1n) is 9.00. The van der Waals surface area contributed by atoms with Gasteiger partial charge in [-0.15, -0.1) is 0 Å². The molecule has 1 N–H and O–H groups in total. The number of para-hydroxylation sites is 2. The number of amides is 1. The molecule has 2 aromatic carbocycles. The number of aromatic amines is 1. The summed E-state index contributed by atoms with van der Waals surface area (Å²) in [5.41, 5.74) is 4.50. The van der Waals surface area contributed by atoms with E-state index in [1.54, 1.807) is 0 Å². The second-order valence-corrected chi connectivity index (χ2v) is 6.86. The number of hydrogen-bond donors (Lipinski definition) is 1. The normalized spacial score (nSPS) is 17.3. The van der Waals surface area contributed by atoms with Gasteiger partial charge in [0.15, 0.2) is 0 Å². The van der Waals surface area contributed by atoms with E-state index in [4.69, 9.17) is 0 Å². The molecule has 4 nitrogen and oxygen atoms in total. The molecule has 0 bridgehead atoms. The van der Waals surface area contributed by atoms with Crippen LogP contribution in [0.25, 0.3) is 11.0 Å². The number of likely N-dealkylation sites (tertiary alicyclic amines) is 1. The lowest BCUT2D eigenvalue weighted by atomic mass is 10.0. The Morgan fingerprint density at radius 3 is 2.80 bits per heavy atom. The van der Waals surface area contributed by atoms with Crippen molar-refractivity contribution in [3.63, 3.8) is 0 Å². The van der Waals surface area contributed by atoms with Gasteiger partial charge in [-0.2, -0.15) is 0 Å². The number of benzene rings is 2. The van der Waals surface area contributed by atoms with Crippen molar-refractivity contribution in [3.05, 3.63) is 65.5 Å². The van der Waals surface area contributed by atoms with Gasteiger partial charge < -0.3 is 9.88 Å². The summed E-state index contributed by atoms with van der Waals surface area (Å²) >= 11 is 0. The minimum atomic E-state index is 0.225. The molecule has 3 aromatic rings. The molecule has 4 rings (SSSR count). The molecule has 25 heavy (non-hydrogen) atoms. The fourth-order valence-corrected chi connectivity index (χ4v) is 3.69. The van der Waals surface area contributed by atoms with Gasteiger partial charge in [0, 0.05) is 19.4 Å². The van der Waals surface area contributed by atoms with Crippen molar-refractivity contribution in [2.75, 3.05) is 6.54 Å². The van der Waals surface area contributed by atoms with E-state index in [2.05, 4.69) is 41.2 Å². The summed E-state index contributed by atoms with van der Waals surface area (Å²) in [6.07, 6.45) is 3.29. The Bertz CT molecular complexity index is 849. The maximum absolute atomic E-state index is 12.8. The van der Waals surface area contributed by atoms with E-state index in [1.165, 1.54) is 11.1 Å². The second kappa shape index (κ2) is 6.71. The molecular weight excluding hydrogens is 310 g/mol. The Morgan fingerprint density at radius 2 is 2.00 bits per heavy atom. The highest BCUT2D eigenvalue weighted by atomic mass is 16.2. The van der Waals surface area contributed by atoms with E-state index in [-0.39, 0.29) is 11.9 Å². The summed E-state index contributed by atoms with van der Waals surface area (Å²) in [7, 11) is 0. The standard InChI is InChI=1S/C21H23N3O/c1-15-8-10-16(11-9-15)19-7-4-14-24(19)21(25)13-12-20-22-17-5-2-3-6-18(17)23-20/h2-3,5-6,8-11,19H,4,7,12-14H2,1H3,(H,22,23). The van der Waals surface area contributed by atoms with Crippen molar-refractivity contribution in [3.8, 4) is 0 Å². The molecule has 1 unspecified atom stereocenters. The molecule has 1 fully saturated rings. The van der Waals surface area contributed by atoms with Crippen LogP contribution in [0.2, 0.25) is 0 Å². The predicted molar refractivity (Wildman–Crippen MR) is 99.3 cm³/mol. The number of rotatable bonds is 4. The van der Waals surface area contributed by atoms with Crippen LogP contribution in [0, 0.1) is 6.92 Å². The number of carbonyl (C=O) groups excluding carboxylic acids is 1. The second-order valence-electron chi connectivity index (χ2n) is 6.86. The SMILES string of the molecule is Cc1ccc(C2CCCN2C(=O)CCc2nc3ccccc3[nH]2)cc1. The molecule has 1 aliphatic heterocycles. The third-order valence-electron chi connectivity index (χ3n) is 5.05. The van der Waals surface area contributed by atoms with Crippen LogP contribution in [0.1, 0.15) is 42.3 Å². The minimum absolute atomic E-state index is 0.225. The third-order valence-corrected chi connectivity index (χ3v) is 5.05. The number of aromatic nitrogens is 2.